The maximum absolute atomic E-state index is 11.0. The van der Waals surface area contributed by atoms with E-state index in [0.717, 1.165) is 11.3 Å². The van der Waals surface area contributed by atoms with Crippen molar-refractivity contribution in [2.24, 2.45) is 0 Å². The van der Waals surface area contributed by atoms with Gasteiger partial charge in [0.05, 0.1) is 0 Å². The molecule has 0 N–H and O–H groups in total. The Labute approximate surface area is 101 Å². The molecule has 0 saturated carbocycles. The number of carbonyl (C=O) groups is 1. The summed E-state index contributed by atoms with van der Waals surface area (Å²) < 4.78 is 5.60. The van der Waals surface area contributed by atoms with Crippen molar-refractivity contribution < 1.29 is 9.53 Å². The van der Waals surface area contributed by atoms with Crippen molar-refractivity contribution in [2.45, 2.75) is 6.61 Å². The molecule has 2 aromatic carbocycles. The minimum absolute atomic E-state index is 0.181. The third-order valence-corrected chi connectivity index (χ3v) is 2.42. The maximum Gasteiger partial charge on any atom is 0.163 e. The van der Waals surface area contributed by atoms with Crippen LogP contribution in [-0.4, -0.2) is 5.78 Å². The van der Waals surface area contributed by atoms with Crippen LogP contribution in [0.5, 0.6) is 5.75 Å². The highest BCUT2D eigenvalue weighted by Gasteiger charge is 1.99. The lowest BCUT2D eigenvalue weighted by molar-refractivity contribution is 0.104. The van der Waals surface area contributed by atoms with Crippen molar-refractivity contribution in [1.29, 1.82) is 0 Å². The Kier molecular flexibility index (Phi) is 3.55. The Morgan fingerprint density at radius 2 is 1.65 bits per heavy atom. The van der Waals surface area contributed by atoms with Gasteiger partial charge in [-0.25, -0.2) is 0 Å². The van der Waals surface area contributed by atoms with Crippen LogP contribution in [0.4, 0.5) is 0 Å². The summed E-state index contributed by atoms with van der Waals surface area (Å²) in [5.74, 6) is 0.568. The molecule has 0 amide bonds. The molecule has 0 unspecified atom stereocenters. The minimum Gasteiger partial charge on any atom is -0.489 e. The molecular formula is C15H13O2. The van der Waals surface area contributed by atoms with Gasteiger partial charge < -0.3 is 4.74 Å². The van der Waals surface area contributed by atoms with Crippen LogP contribution in [0.15, 0.2) is 54.6 Å². The molecule has 17 heavy (non-hydrogen) atoms. The molecule has 0 aliphatic rings. The van der Waals surface area contributed by atoms with E-state index < -0.39 is 0 Å². The Bertz CT molecular complexity index is 486. The SMILES string of the molecule is [CH2]C(=O)c1ccc(OCc2ccccc2)cc1. The second-order valence-electron chi connectivity index (χ2n) is 3.72. The first kappa shape index (κ1) is 11.4. The van der Waals surface area contributed by atoms with Crippen LogP contribution in [-0.2, 0) is 6.61 Å². The summed E-state index contributed by atoms with van der Waals surface area (Å²) >= 11 is 0. The van der Waals surface area contributed by atoms with Gasteiger partial charge in [0.15, 0.2) is 5.78 Å². The second kappa shape index (κ2) is 5.30. The molecule has 0 heterocycles. The van der Waals surface area contributed by atoms with Gasteiger partial charge in [-0.1, -0.05) is 30.3 Å². The number of rotatable bonds is 4. The lowest BCUT2D eigenvalue weighted by Gasteiger charge is -2.06. The number of ether oxygens (including phenoxy) is 1. The van der Waals surface area contributed by atoms with Crippen LogP contribution in [0.25, 0.3) is 0 Å². The average molecular weight is 225 g/mol. The Morgan fingerprint density at radius 3 is 2.24 bits per heavy atom. The zero-order valence-electron chi connectivity index (χ0n) is 9.43. The van der Waals surface area contributed by atoms with Crippen LogP contribution in [0.3, 0.4) is 0 Å². The molecule has 2 nitrogen and oxygen atoms in total. The second-order valence-corrected chi connectivity index (χ2v) is 3.72. The molecule has 0 aliphatic carbocycles. The summed E-state index contributed by atoms with van der Waals surface area (Å²) in [7, 11) is 0. The van der Waals surface area contributed by atoms with E-state index in [-0.39, 0.29) is 5.78 Å². The van der Waals surface area contributed by atoms with E-state index in [1.807, 2.05) is 30.3 Å². The summed E-state index contributed by atoms with van der Waals surface area (Å²) in [6, 6.07) is 16.9. The van der Waals surface area contributed by atoms with E-state index >= 15 is 0 Å². The van der Waals surface area contributed by atoms with Crippen LogP contribution >= 0.6 is 0 Å². The highest BCUT2D eigenvalue weighted by molar-refractivity contribution is 5.99. The van der Waals surface area contributed by atoms with Gasteiger partial charge in [-0.3, -0.25) is 4.79 Å². The topological polar surface area (TPSA) is 26.3 Å². The third kappa shape index (κ3) is 3.18. The molecule has 0 aromatic heterocycles. The zero-order chi connectivity index (χ0) is 12.1. The number of Topliss-reactive ketones (excluding diaryl/α,β-unsaturated/α-hetero) is 1. The van der Waals surface area contributed by atoms with E-state index in [2.05, 4.69) is 6.92 Å². The Hall–Kier alpha value is -2.09. The molecule has 85 valence electrons. The van der Waals surface area contributed by atoms with Crippen LogP contribution < -0.4 is 4.74 Å². The molecule has 0 bridgehead atoms. The molecule has 1 radical (unpaired) electrons. The minimum atomic E-state index is -0.181. The highest BCUT2D eigenvalue weighted by atomic mass is 16.5. The monoisotopic (exact) mass is 225 g/mol. The fourth-order valence-corrected chi connectivity index (χ4v) is 1.48. The van der Waals surface area contributed by atoms with Gasteiger partial charge in [-0.15, -0.1) is 0 Å². The van der Waals surface area contributed by atoms with E-state index in [1.165, 1.54) is 0 Å². The standard InChI is InChI=1S/C15H13O2/c1-12(16)14-7-9-15(10-8-14)17-11-13-5-3-2-4-6-13/h2-10H,1,11H2. The van der Waals surface area contributed by atoms with Crippen molar-refractivity contribution >= 4 is 5.78 Å². The van der Waals surface area contributed by atoms with Crippen molar-refractivity contribution in [1.82, 2.24) is 0 Å². The van der Waals surface area contributed by atoms with Crippen molar-refractivity contribution in [3.8, 4) is 5.75 Å². The van der Waals surface area contributed by atoms with Gasteiger partial charge in [0.25, 0.3) is 0 Å². The predicted octanol–water partition coefficient (Wildman–Crippen LogP) is 3.28. The smallest absolute Gasteiger partial charge is 0.163 e. The fourth-order valence-electron chi connectivity index (χ4n) is 1.48. The molecule has 2 rings (SSSR count). The predicted molar refractivity (Wildman–Crippen MR) is 66.9 cm³/mol. The number of ketones is 1. The quantitative estimate of drug-likeness (QED) is 0.746. The first-order chi connectivity index (χ1) is 8.25. The van der Waals surface area contributed by atoms with Gasteiger partial charge in [-0.05, 0) is 29.8 Å². The largest absolute Gasteiger partial charge is 0.489 e. The summed E-state index contributed by atoms with van der Waals surface area (Å²) in [5, 5.41) is 0. The summed E-state index contributed by atoms with van der Waals surface area (Å²) in [6.07, 6.45) is 0. The van der Waals surface area contributed by atoms with E-state index in [1.54, 1.807) is 24.3 Å². The number of hydrogen-bond donors (Lipinski definition) is 0. The number of benzene rings is 2. The lowest BCUT2D eigenvalue weighted by atomic mass is 10.1. The highest BCUT2D eigenvalue weighted by Crippen LogP contribution is 2.14. The van der Waals surface area contributed by atoms with Crippen LogP contribution in [0, 0.1) is 6.92 Å². The van der Waals surface area contributed by atoms with Crippen molar-refractivity contribution in [3.63, 3.8) is 0 Å². The molecule has 2 heteroatoms. The number of carbonyl (C=O) groups excluding carboxylic acids is 1. The van der Waals surface area contributed by atoms with Gasteiger partial charge in [0.2, 0.25) is 0 Å². The molecule has 2 aromatic rings. The lowest BCUT2D eigenvalue weighted by Crippen LogP contribution is -1.96. The van der Waals surface area contributed by atoms with Gasteiger partial charge >= 0.3 is 0 Å². The maximum atomic E-state index is 11.0. The fraction of sp³-hybridized carbons (Fsp3) is 0.0667. The summed E-state index contributed by atoms with van der Waals surface area (Å²) in [5.41, 5.74) is 1.71. The van der Waals surface area contributed by atoms with Crippen LogP contribution in [0.2, 0.25) is 0 Å². The summed E-state index contributed by atoms with van der Waals surface area (Å²) in [6.45, 7) is 3.88. The van der Waals surface area contributed by atoms with Crippen molar-refractivity contribution in [3.05, 3.63) is 72.6 Å². The first-order valence-electron chi connectivity index (χ1n) is 5.39. The van der Waals surface area contributed by atoms with Gasteiger partial charge in [-0.2, -0.15) is 0 Å². The van der Waals surface area contributed by atoms with Crippen LogP contribution in [0.1, 0.15) is 15.9 Å². The molecular weight excluding hydrogens is 212 g/mol. The molecule has 0 aliphatic heterocycles. The Balaban J connectivity index is 1.98. The molecule has 0 atom stereocenters. The molecule has 0 spiro atoms. The first-order valence-corrected chi connectivity index (χ1v) is 5.39. The zero-order valence-corrected chi connectivity index (χ0v) is 9.43. The number of hydrogen-bond acceptors (Lipinski definition) is 2. The third-order valence-electron chi connectivity index (χ3n) is 2.42. The van der Waals surface area contributed by atoms with E-state index in [0.29, 0.717) is 12.2 Å². The normalized spacial score (nSPS) is 9.94. The van der Waals surface area contributed by atoms with Gasteiger partial charge in [0.1, 0.15) is 12.4 Å². The van der Waals surface area contributed by atoms with Crippen molar-refractivity contribution in [2.75, 3.05) is 0 Å². The van der Waals surface area contributed by atoms with Gasteiger partial charge in [0, 0.05) is 12.5 Å². The average Bonchev–Trinajstić information content (AvgIpc) is 2.38. The molecule has 0 fully saturated rings. The molecule has 0 saturated heterocycles. The van der Waals surface area contributed by atoms with E-state index in [9.17, 15) is 4.79 Å². The van der Waals surface area contributed by atoms with E-state index in [4.69, 9.17) is 4.74 Å². The Morgan fingerprint density at radius 1 is 1.00 bits per heavy atom. The summed E-state index contributed by atoms with van der Waals surface area (Å²) in [4.78, 5) is 11.0.